The van der Waals surface area contributed by atoms with Crippen molar-refractivity contribution in [2.75, 3.05) is 13.1 Å². The number of carbonyl (C=O) groups is 1. The van der Waals surface area contributed by atoms with Crippen LogP contribution in [0.15, 0.2) is 0 Å². The van der Waals surface area contributed by atoms with E-state index < -0.39 is 5.41 Å². The van der Waals surface area contributed by atoms with Crippen LogP contribution in [-0.2, 0) is 9.53 Å². The van der Waals surface area contributed by atoms with E-state index in [1.54, 1.807) is 0 Å². The second kappa shape index (κ2) is 6.58. The normalized spacial score (nSPS) is 22.4. The van der Waals surface area contributed by atoms with E-state index >= 15 is 0 Å². The number of rotatable bonds is 5. The summed E-state index contributed by atoms with van der Waals surface area (Å²) in [5, 5.41) is 9.61. The van der Waals surface area contributed by atoms with Crippen molar-refractivity contribution in [1.29, 1.82) is 5.26 Å². The molecule has 0 aromatic rings. The predicted molar refractivity (Wildman–Crippen MR) is 79.1 cm³/mol. The number of hydrogen-bond acceptors (Lipinski definition) is 3. The van der Waals surface area contributed by atoms with Crippen molar-refractivity contribution in [3.63, 3.8) is 0 Å². The Morgan fingerprint density at radius 3 is 2.35 bits per heavy atom. The largest absolute Gasteiger partial charge is 0.369 e. The minimum atomic E-state index is -0.851. The minimum Gasteiger partial charge on any atom is -0.369 e. The molecule has 4 nitrogen and oxygen atoms in total. The highest BCUT2D eigenvalue weighted by atomic mass is 16.5. The maximum atomic E-state index is 12.9. The standard InChI is InChI=1S/C16H28N2O2/c1-6-8-16(11-17,9-7-2)14(19)18-10-13(3)20-15(4,5)12-18/h13H,6-10,12H2,1-5H3. The van der Waals surface area contributed by atoms with Gasteiger partial charge in [-0.2, -0.15) is 5.26 Å². The number of nitrogens with zero attached hydrogens (tertiary/aromatic N) is 2. The quantitative estimate of drug-likeness (QED) is 0.777. The van der Waals surface area contributed by atoms with Gasteiger partial charge in [0.05, 0.1) is 17.8 Å². The Balaban J connectivity index is 2.97. The fourth-order valence-corrected chi connectivity index (χ4v) is 3.26. The van der Waals surface area contributed by atoms with Crippen molar-refractivity contribution in [2.45, 2.75) is 72.0 Å². The maximum absolute atomic E-state index is 12.9. The topological polar surface area (TPSA) is 53.3 Å². The molecule has 0 radical (unpaired) electrons. The first-order chi connectivity index (χ1) is 9.30. The summed E-state index contributed by atoms with van der Waals surface area (Å²) in [6.45, 7) is 11.2. The molecule has 1 atom stereocenters. The Morgan fingerprint density at radius 1 is 1.40 bits per heavy atom. The van der Waals surface area contributed by atoms with Crippen LogP contribution in [-0.4, -0.2) is 35.6 Å². The monoisotopic (exact) mass is 280 g/mol. The van der Waals surface area contributed by atoms with Gasteiger partial charge in [-0.3, -0.25) is 4.79 Å². The highest BCUT2D eigenvalue weighted by molar-refractivity contribution is 5.85. The van der Waals surface area contributed by atoms with E-state index in [1.165, 1.54) is 0 Å². The number of carbonyl (C=O) groups excluding carboxylic acids is 1. The summed E-state index contributed by atoms with van der Waals surface area (Å²) in [5.41, 5.74) is -1.19. The van der Waals surface area contributed by atoms with Crippen molar-refractivity contribution in [3.8, 4) is 6.07 Å². The summed E-state index contributed by atoms with van der Waals surface area (Å²) < 4.78 is 5.84. The van der Waals surface area contributed by atoms with E-state index in [2.05, 4.69) is 6.07 Å². The van der Waals surface area contributed by atoms with Crippen LogP contribution >= 0.6 is 0 Å². The molecule has 1 aliphatic rings. The molecule has 20 heavy (non-hydrogen) atoms. The molecule has 1 saturated heterocycles. The smallest absolute Gasteiger partial charge is 0.243 e. The van der Waals surface area contributed by atoms with Gasteiger partial charge in [0, 0.05) is 13.1 Å². The van der Waals surface area contributed by atoms with Crippen LogP contribution in [0.2, 0.25) is 0 Å². The lowest BCUT2D eigenvalue weighted by Crippen LogP contribution is -2.57. The van der Waals surface area contributed by atoms with Crippen molar-refractivity contribution in [1.82, 2.24) is 4.90 Å². The molecule has 0 saturated carbocycles. The van der Waals surface area contributed by atoms with Crippen molar-refractivity contribution >= 4 is 5.91 Å². The number of nitriles is 1. The summed E-state index contributed by atoms with van der Waals surface area (Å²) in [6.07, 6.45) is 3.00. The van der Waals surface area contributed by atoms with Crippen LogP contribution in [0.4, 0.5) is 0 Å². The summed E-state index contributed by atoms with van der Waals surface area (Å²) >= 11 is 0. The number of ether oxygens (including phenoxy) is 1. The van der Waals surface area contributed by atoms with Crippen molar-refractivity contribution in [2.24, 2.45) is 5.41 Å². The van der Waals surface area contributed by atoms with Gasteiger partial charge in [-0.1, -0.05) is 26.7 Å². The first kappa shape index (κ1) is 17.0. The van der Waals surface area contributed by atoms with Gasteiger partial charge in [0.15, 0.2) is 0 Å². The third kappa shape index (κ3) is 3.73. The van der Waals surface area contributed by atoms with Crippen LogP contribution in [0.3, 0.4) is 0 Å². The van der Waals surface area contributed by atoms with E-state index in [-0.39, 0.29) is 17.6 Å². The SMILES string of the molecule is CCCC(C#N)(CCC)C(=O)N1CC(C)OC(C)(C)C1. The molecule has 0 N–H and O–H groups in total. The second-order valence-electron chi connectivity index (χ2n) is 6.57. The highest BCUT2D eigenvalue weighted by Crippen LogP contribution is 2.33. The van der Waals surface area contributed by atoms with E-state index in [0.29, 0.717) is 25.9 Å². The predicted octanol–water partition coefficient (Wildman–Crippen LogP) is 3.12. The molecule has 1 aliphatic heterocycles. The number of amides is 1. The Kier molecular flexibility index (Phi) is 5.59. The number of morpholine rings is 1. The van der Waals surface area contributed by atoms with Crippen molar-refractivity contribution < 1.29 is 9.53 Å². The first-order valence-corrected chi connectivity index (χ1v) is 7.68. The molecule has 0 aliphatic carbocycles. The van der Waals surface area contributed by atoms with Crippen LogP contribution < -0.4 is 0 Å². The van der Waals surface area contributed by atoms with Gasteiger partial charge in [0.2, 0.25) is 5.91 Å². The Hall–Kier alpha value is -1.08. The summed E-state index contributed by atoms with van der Waals surface area (Å²) in [6, 6.07) is 2.32. The number of hydrogen-bond donors (Lipinski definition) is 0. The zero-order chi connectivity index (χ0) is 15.4. The van der Waals surface area contributed by atoms with E-state index in [4.69, 9.17) is 4.74 Å². The summed E-state index contributed by atoms with van der Waals surface area (Å²) in [7, 11) is 0. The van der Waals surface area contributed by atoms with E-state index in [0.717, 1.165) is 12.8 Å². The second-order valence-corrected chi connectivity index (χ2v) is 6.57. The molecule has 1 unspecified atom stereocenters. The molecule has 1 rings (SSSR count). The molecular weight excluding hydrogens is 252 g/mol. The highest BCUT2D eigenvalue weighted by Gasteiger charge is 2.43. The lowest BCUT2D eigenvalue weighted by atomic mass is 9.79. The van der Waals surface area contributed by atoms with Gasteiger partial charge in [0.1, 0.15) is 5.41 Å². The van der Waals surface area contributed by atoms with Crippen LogP contribution in [0.1, 0.15) is 60.3 Å². The third-order valence-electron chi connectivity index (χ3n) is 3.83. The first-order valence-electron chi connectivity index (χ1n) is 7.68. The van der Waals surface area contributed by atoms with Crippen LogP contribution in [0, 0.1) is 16.7 Å². The van der Waals surface area contributed by atoms with Crippen LogP contribution in [0.5, 0.6) is 0 Å². The van der Waals surface area contributed by atoms with Gasteiger partial charge in [0.25, 0.3) is 0 Å². The average Bonchev–Trinajstić information content (AvgIpc) is 2.35. The molecule has 4 heteroatoms. The zero-order valence-corrected chi connectivity index (χ0v) is 13.5. The van der Waals surface area contributed by atoms with E-state index in [9.17, 15) is 10.1 Å². The van der Waals surface area contributed by atoms with Gasteiger partial charge >= 0.3 is 0 Å². The van der Waals surface area contributed by atoms with Gasteiger partial charge < -0.3 is 9.64 Å². The molecule has 114 valence electrons. The van der Waals surface area contributed by atoms with Gasteiger partial charge in [-0.05, 0) is 33.6 Å². The molecule has 0 aromatic heterocycles. The Bertz CT molecular complexity index is 378. The third-order valence-corrected chi connectivity index (χ3v) is 3.83. The zero-order valence-electron chi connectivity index (χ0n) is 13.5. The molecule has 0 aromatic carbocycles. The molecular formula is C16H28N2O2. The molecule has 0 spiro atoms. The Morgan fingerprint density at radius 2 is 1.95 bits per heavy atom. The summed E-state index contributed by atoms with van der Waals surface area (Å²) in [5.74, 6) is -0.00748. The lowest BCUT2D eigenvalue weighted by molar-refractivity contribution is -0.165. The lowest BCUT2D eigenvalue weighted by Gasteiger charge is -2.44. The van der Waals surface area contributed by atoms with Gasteiger partial charge in [-0.25, -0.2) is 0 Å². The van der Waals surface area contributed by atoms with Crippen LogP contribution in [0.25, 0.3) is 0 Å². The molecule has 1 fully saturated rings. The van der Waals surface area contributed by atoms with Crippen molar-refractivity contribution in [3.05, 3.63) is 0 Å². The average molecular weight is 280 g/mol. The summed E-state index contributed by atoms with van der Waals surface area (Å²) in [4.78, 5) is 14.7. The van der Waals surface area contributed by atoms with Gasteiger partial charge in [-0.15, -0.1) is 0 Å². The molecule has 1 heterocycles. The molecule has 1 amide bonds. The fraction of sp³-hybridized carbons (Fsp3) is 0.875. The Labute approximate surface area is 123 Å². The molecule has 0 bridgehead atoms. The van der Waals surface area contributed by atoms with E-state index in [1.807, 2.05) is 39.5 Å². The maximum Gasteiger partial charge on any atom is 0.243 e. The fourth-order valence-electron chi connectivity index (χ4n) is 3.26. The minimum absolute atomic E-state index is 0.00748.